The summed E-state index contributed by atoms with van der Waals surface area (Å²) in [6.07, 6.45) is 1.67. The maximum Gasteiger partial charge on any atom is 0.335 e. The van der Waals surface area contributed by atoms with E-state index in [-0.39, 0.29) is 0 Å². The number of carbonyl (C=O) groups is 2. The van der Waals surface area contributed by atoms with Crippen LogP contribution < -0.4 is 0 Å². The molecule has 0 spiro atoms. The summed E-state index contributed by atoms with van der Waals surface area (Å²) in [5.41, 5.74) is 1.43. The number of azo groups is 1. The van der Waals surface area contributed by atoms with Crippen molar-refractivity contribution in [3.8, 4) is 0 Å². The lowest BCUT2D eigenvalue weighted by atomic mass is 10.1. The van der Waals surface area contributed by atoms with Gasteiger partial charge in [0.1, 0.15) is 0 Å². The first-order chi connectivity index (χ1) is 7.65. The monoisotopic (exact) mass is 234 g/mol. The largest absolute Gasteiger partial charge is 0.335 e. The third-order valence-corrected chi connectivity index (χ3v) is 2.33. The zero-order chi connectivity index (χ0) is 11.5. The van der Waals surface area contributed by atoms with Crippen molar-refractivity contribution in [1.29, 1.82) is 0 Å². The van der Waals surface area contributed by atoms with Gasteiger partial charge in [-0.05, 0) is 17.7 Å². The standard InChI is InChI=1S/C11H7ClN2O2/c12-8-3-1-7(2-4-8)5-9-6-10(15)11(16)14-13-9/h1-4,6H,5H2. The fourth-order valence-electron chi connectivity index (χ4n) is 1.30. The zero-order valence-corrected chi connectivity index (χ0v) is 8.94. The molecule has 0 radical (unpaired) electrons. The summed E-state index contributed by atoms with van der Waals surface area (Å²) in [4.78, 5) is 21.8. The van der Waals surface area contributed by atoms with E-state index >= 15 is 0 Å². The predicted molar refractivity (Wildman–Crippen MR) is 58.1 cm³/mol. The van der Waals surface area contributed by atoms with Crippen molar-refractivity contribution in [2.45, 2.75) is 6.42 Å². The summed E-state index contributed by atoms with van der Waals surface area (Å²) in [7, 11) is 0. The quantitative estimate of drug-likeness (QED) is 0.738. The molecule has 0 atom stereocenters. The van der Waals surface area contributed by atoms with Crippen LogP contribution in [0.4, 0.5) is 0 Å². The maximum atomic E-state index is 11.0. The predicted octanol–water partition coefficient (Wildman–Crippen LogP) is 2.33. The van der Waals surface area contributed by atoms with Crippen LogP contribution in [0, 0.1) is 0 Å². The Morgan fingerprint density at radius 2 is 1.75 bits per heavy atom. The van der Waals surface area contributed by atoms with Gasteiger partial charge in [-0.1, -0.05) is 23.7 Å². The van der Waals surface area contributed by atoms with Crippen molar-refractivity contribution in [1.82, 2.24) is 0 Å². The average molecular weight is 235 g/mol. The Labute approximate surface area is 96.6 Å². The van der Waals surface area contributed by atoms with Crippen molar-refractivity contribution >= 4 is 23.3 Å². The van der Waals surface area contributed by atoms with E-state index in [0.717, 1.165) is 5.56 Å². The Balaban J connectivity index is 2.14. The third kappa shape index (κ3) is 2.41. The summed E-state index contributed by atoms with van der Waals surface area (Å²) in [6.45, 7) is 0. The number of benzene rings is 1. The summed E-state index contributed by atoms with van der Waals surface area (Å²) in [5, 5.41) is 7.56. The van der Waals surface area contributed by atoms with Crippen LogP contribution in [0.25, 0.3) is 0 Å². The molecule has 80 valence electrons. The molecular weight excluding hydrogens is 228 g/mol. The maximum absolute atomic E-state index is 11.0. The van der Waals surface area contributed by atoms with Gasteiger partial charge in [-0.25, -0.2) is 0 Å². The fourth-order valence-corrected chi connectivity index (χ4v) is 1.42. The molecule has 0 aromatic heterocycles. The van der Waals surface area contributed by atoms with Gasteiger partial charge in [0, 0.05) is 17.5 Å². The lowest BCUT2D eigenvalue weighted by molar-refractivity contribution is -0.133. The summed E-state index contributed by atoms with van der Waals surface area (Å²) in [5.74, 6) is -1.45. The van der Waals surface area contributed by atoms with Gasteiger partial charge in [-0.3, -0.25) is 9.59 Å². The molecule has 1 aliphatic rings. The van der Waals surface area contributed by atoms with Crippen LogP contribution >= 0.6 is 11.6 Å². The Morgan fingerprint density at radius 1 is 1.06 bits per heavy atom. The van der Waals surface area contributed by atoms with Gasteiger partial charge in [0.25, 0.3) is 0 Å². The van der Waals surface area contributed by atoms with Crippen LogP contribution in [0.1, 0.15) is 5.56 Å². The van der Waals surface area contributed by atoms with Crippen LogP contribution in [0.15, 0.2) is 46.3 Å². The van der Waals surface area contributed by atoms with E-state index in [1.165, 1.54) is 6.08 Å². The number of carbonyl (C=O) groups excluding carboxylic acids is 2. The van der Waals surface area contributed by atoms with Gasteiger partial charge in [0.05, 0.1) is 5.70 Å². The highest BCUT2D eigenvalue weighted by Gasteiger charge is 2.16. The topological polar surface area (TPSA) is 58.9 Å². The van der Waals surface area contributed by atoms with E-state index in [2.05, 4.69) is 10.2 Å². The van der Waals surface area contributed by atoms with Crippen LogP contribution in [-0.2, 0) is 16.0 Å². The molecule has 0 N–H and O–H groups in total. The molecule has 4 nitrogen and oxygen atoms in total. The van der Waals surface area contributed by atoms with Crippen molar-refractivity contribution in [3.63, 3.8) is 0 Å². The number of hydrogen-bond donors (Lipinski definition) is 0. The van der Waals surface area contributed by atoms with Crippen molar-refractivity contribution in [2.24, 2.45) is 10.2 Å². The molecule has 0 aliphatic carbocycles. The third-order valence-electron chi connectivity index (χ3n) is 2.08. The highest BCUT2D eigenvalue weighted by molar-refractivity contribution is 6.41. The van der Waals surface area contributed by atoms with E-state index < -0.39 is 11.7 Å². The molecule has 0 bridgehead atoms. The molecule has 0 fully saturated rings. The van der Waals surface area contributed by atoms with E-state index in [0.29, 0.717) is 17.1 Å². The van der Waals surface area contributed by atoms with Gasteiger partial charge < -0.3 is 0 Å². The first-order valence-electron chi connectivity index (χ1n) is 4.60. The highest BCUT2D eigenvalue weighted by atomic mass is 35.5. The number of halogens is 1. The first kappa shape index (κ1) is 10.7. The van der Waals surface area contributed by atoms with Crippen molar-refractivity contribution < 1.29 is 9.59 Å². The van der Waals surface area contributed by atoms with Gasteiger partial charge in [0.2, 0.25) is 5.78 Å². The zero-order valence-electron chi connectivity index (χ0n) is 8.18. The summed E-state index contributed by atoms with van der Waals surface area (Å²) in [6, 6.07) is 7.17. The Hall–Kier alpha value is -1.81. The molecule has 0 saturated carbocycles. The molecule has 1 heterocycles. The minimum absolute atomic E-state index is 0.458. The molecule has 16 heavy (non-hydrogen) atoms. The van der Waals surface area contributed by atoms with Crippen LogP contribution in [0.2, 0.25) is 5.02 Å². The average Bonchev–Trinajstić information content (AvgIpc) is 2.27. The summed E-state index contributed by atoms with van der Waals surface area (Å²) < 4.78 is 0. The second-order valence-electron chi connectivity index (χ2n) is 3.31. The number of rotatable bonds is 2. The van der Waals surface area contributed by atoms with E-state index in [1.54, 1.807) is 12.1 Å². The number of nitrogens with zero attached hydrogens (tertiary/aromatic N) is 2. The number of ketones is 1. The molecule has 5 heteroatoms. The number of amides is 1. The molecule has 1 aromatic rings. The minimum atomic E-state index is -0.820. The summed E-state index contributed by atoms with van der Waals surface area (Å²) >= 11 is 5.74. The minimum Gasteiger partial charge on any atom is -0.284 e. The van der Waals surface area contributed by atoms with Crippen LogP contribution in [0.5, 0.6) is 0 Å². The highest BCUT2D eigenvalue weighted by Crippen LogP contribution is 2.15. The van der Waals surface area contributed by atoms with Gasteiger partial charge in [0.15, 0.2) is 0 Å². The van der Waals surface area contributed by atoms with Gasteiger partial charge >= 0.3 is 5.91 Å². The smallest absolute Gasteiger partial charge is 0.284 e. The van der Waals surface area contributed by atoms with Crippen molar-refractivity contribution in [3.05, 3.63) is 46.6 Å². The van der Waals surface area contributed by atoms with Crippen LogP contribution in [0.3, 0.4) is 0 Å². The second kappa shape index (κ2) is 4.37. The van der Waals surface area contributed by atoms with E-state index in [4.69, 9.17) is 11.6 Å². The Kier molecular flexibility index (Phi) is 2.92. The van der Waals surface area contributed by atoms with E-state index in [9.17, 15) is 9.59 Å². The SMILES string of the molecule is O=C1C=C(Cc2ccc(Cl)cc2)N=NC1=O. The fraction of sp³-hybridized carbons (Fsp3) is 0.0909. The van der Waals surface area contributed by atoms with Gasteiger partial charge in [-0.15, -0.1) is 5.11 Å². The lowest BCUT2D eigenvalue weighted by Crippen LogP contribution is -2.11. The Morgan fingerprint density at radius 3 is 2.38 bits per heavy atom. The molecule has 1 amide bonds. The van der Waals surface area contributed by atoms with Gasteiger partial charge in [-0.2, -0.15) is 5.11 Å². The first-order valence-corrected chi connectivity index (χ1v) is 4.98. The molecule has 1 aliphatic heterocycles. The van der Waals surface area contributed by atoms with Crippen molar-refractivity contribution in [2.75, 3.05) is 0 Å². The lowest BCUT2D eigenvalue weighted by Gasteiger charge is -2.03. The molecule has 0 saturated heterocycles. The second-order valence-corrected chi connectivity index (χ2v) is 3.74. The molecular formula is C11H7ClN2O2. The van der Waals surface area contributed by atoms with E-state index in [1.807, 2.05) is 12.1 Å². The molecule has 1 aromatic carbocycles. The number of hydrogen-bond acceptors (Lipinski definition) is 3. The number of allylic oxidation sites excluding steroid dienone is 1. The Bertz CT molecular complexity index is 503. The molecule has 0 unspecified atom stereocenters. The van der Waals surface area contributed by atoms with Crippen LogP contribution in [-0.4, -0.2) is 11.7 Å². The molecule has 2 rings (SSSR count). The normalized spacial score (nSPS) is 15.2.